The van der Waals surface area contributed by atoms with E-state index in [-0.39, 0.29) is 5.56 Å². The van der Waals surface area contributed by atoms with Crippen LogP contribution >= 0.6 is 11.8 Å². The molecule has 0 spiro atoms. The van der Waals surface area contributed by atoms with Gasteiger partial charge in [0.2, 0.25) is 0 Å². The zero-order chi connectivity index (χ0) is 15.2. The van der Waals surface area contributed by atoms with Crippen LogP contribution in [0.2, 0.25) is 0 Å². The standard InChI is InChI=1S/C16H17FN2OS/c1-11-9-12(18)10-14(15(11)17)16(20)19-7-8-21-13-5-3-2-4-6-13/h2-6,9-10H,7-8,18H2,1H3,(H,19,20). The highest BCUT2D eigenvalue weighted by atomic mass is 32.2. The van der Waals surface area contributed by atoms with Gasteiger partial charge in [0, 0.05) is 22.9 Å². The molecule has 0 unspecified atom stereocenters. The van der Waals surface area contributed by atoms with Crippen LogP contribution in [0.15, 0.2) is 47.4 Å². The molecule has 1 amide bonds. The van der Waals surface area contributed by atoms with Crippen molar-refractivity contribution in [2.45, 2.75) is 11.8 Å². The first-order valence-electron chi connectivity index (χ1n) is 6.59. The molecule has 2 aromatic carbocycles. The van der Waals surface area contributed by atoms with Crippen molar-refractivity contribution >= 4 is 23.4 Å². The van der Waals surface area contributed by atoms with Gasteiger partial charge in [-0.1, -0.05) is 18.2 Å². The molecule has 0 saturated carbocycles. The summed E-state index contributed by atoms with van der Waals surface area (Å²) in [6.45, 7) is 2.05. The highest BCUT2D eigenvalue weighted by molar-refractivity contribution is 7.99. The van der Waals surface area contributed by atoms with Crippen molar-refractivity contribution in [2.24, 2.45) is 0 Å². The number of anilines is 1. The van der Waals surface area contributed by atoms with E-state index in [4.69, 9.17) is 5.73 Å². The molecular weight excluding hydrogens is 287 g/mol. The minimum absolute atomic E-state index is 0.00258. The molecule has 5 heteroatoms. The van der Waals surface area contributed by atoms with Crippen LogP contribution in [0.1, 0.15) is 15.9 Å². The molecule has 21 heavy (non-hydrogen) atoms. The smallest absolute Gasteiger partial charge is 0.254 e. The number of nitrogen functional groups attached to an aromatic ring is 1. The lowest BCUT2D eigenvalue weighted by molar-refractivity contribution is 0.0952. The van der Waals surface area contributed by atoms with Crippen LogP contribution in [0.5, 0.6) is 0 Å². The Hall–Kier alpha value is -2.01. The third-order valence-electron chi connectivity index (χ3n) is 2.92. The van der Waals surface area contributed by atoms with E-state index >= 15 is 0 Å². The van der Waals surface area contributed by atoms with Crippen molar-refractivity contribution in [3.8, 4) is 0 Å². The van der Waals surface area contributed by atoms with Crippen molar-refractivity contribution in [3.05, 3.63) is 59.4 Å². The zero-order valence-corrected chi connectivity index (χ0v) is 12.5. The van der Waals surface area contributed by atoms with Gasteiger partial charge in [0.1, 0.15) is 5.82 Å². The summed E-state index contributed by atoms with van der Waals surface area (Å²) >= 11 is 1.63. The fourth-order valence-corrected chi connectivity index (χ4v) is 2.70. The molecule has 0 bridgehead atoms. The average Bonchev–Trinajstić information content (AvgIpc) is 2.48. The molecule has 0 atom stereocenters. The third kappa shape index (κ3) is 4.23. The Morgan fingerprint density at radius 2 is 2.00 bits per heavy atom. The number of benzene rings is 2. The quantitative estimate of drug-likeness (QED) is 0.506. The summed E-state index contributed by atoms with van der Waals surface area (Å²) in [5.41, 5.74) is 6.40. The van der Waals surface area contributed by atoms with Gasteiger partial charge in [0.05, 0.1) is 5.56 Å². The normalized spacial score (nSPS) is 10.4. The Balaban J connectivity index is 1.88. The number of rotatable bonds is 5. The Morgan fingerprint density at radius 3 is 2.71 bits per heavy atom. The highest BCUT2D eigenvalue weighted by Gasteiger charge is 2.14. The van der Waals surface area contributed by atoms with Gasteiger partial charge in [-0.2, -0.15) is 0 Å². The summed E-state index contributed by atoms with van der Waals surface area (Å²) in [6.07, 6.45) is 0. The number of hydrogen-bond acceptors (Lipinski definition) is 3. The van der Waals surface area contributed by atoms with Crippen LogP contribution in [0.4, 0.5) is 10.1 Å². The van der Waals surface area contributed by atoms with Crippen molar-refractivity contribution < 1.29 is 9.18 Å². The van der Waals surface area contributed by atoms with Crippen LogP contribution < -0.4 is 11.1 Å². The zero-order valence-electron chi connectivity index (χ0n) is 11.7. The number of carbonyl (C=O) groups excluding carboxylic acids is 1. The largest absolute Gasteiger partial charge is 0.399 e. The van der Waals surface area contributed by atoms with Crippen molar-refractivity contribution in [3.63, 3.8) is 0 Å². The van der Waals surface area contributed by atoms with Gasteiger partial charge in [0.15, 0.2) is 0 Å². The van der Waals surface area contributed by atoms with Crippen LogP contribution in [-0.2, 0) is 0 Å². The van der Waals surface area contributed by atoms with E-state index in [2.05, 4.69) is 5.32 Å². The SMILES string of the molecule is Cc1cc(N)cc(C(=O)NCCSc2ccccc2)c1F. The molecule has 0 aliphatic heterocycles. The van der Waals surface area contributed by atoms with E-state index in [0.29, 0.717) is 17.8 Å². The van der Waals surface area contributed by atoms with E-state index in [1.54, 1.807) is 18.7 Å². The molecule has 2 rings (SSSR count). The second-order valence-corrected chi connectivity index (χ2v) is 5.79. The molecule has 110 valence electrons. The summed E-state index contributed by atoms with van der Waals surface area (Å²) < 4.78 is 13.9. The Kier molecular flexibility index (Phi) is 5.22. The summed E-state index contributed by atoms with van der Waals surface area (Å²) in [5.74, 6) is -0.229. The number of thioether (sulfide) groups is 1. The Labute approximate surface area is 127 Å². The molecule has 0 fully saturated rings. The van der Waals surface area contributed by atoms with Gasteiger partial charge < -0.3 is 11.1 Å². The summed E-state index contributed by atoms with van der Waals surface area (Å²) in [5, 5.41) is 2.71. The number of nitrogens with two attached hydrogens (primary N) is 1. The fraction of sp³-hybridized carbons (Fsp3) is 0.188. The van der Waals surface area contributed by atoms with Gasteiger partial charge in [0.25, 0.3) is 5.91 Å². The van der Waals surface area contributed by atoms with Gasteiger partial charge in [-0.25, -0.2) is 4.39 Å². The molecule has 3 N–H and O–H groups in total. The molecule has 0 heterocycles. The topological polar surface area (TPSA) is 55.1 Å². The lowest BCUT2D eigenvalue weighted by Crippen LogP contribution is -2.27. The van der Waals surface area contributed by atoms with Crippen LogP contribution in [0, 0.1) is 12.7 Å². The minimum Gasteiger partial charge on any atom is -0.399 e. The third-order valence-corrected chi connectivity index (χ3v) is 3.93. The molecule has 3 nitrogen and oxygen atoms in total. The molecule has 0 aliphatic rings. The molecule has 2 aromatic rings. The molecular formula is C16H17FN2OS. The maximum Gasteiger partial charge on any atom is 0.254 e. The van der Waals surface area contributed by atoms with E-state index < -0.39 is 11.7 Å². The predicted octanol–water partition coefficient (Wildman–Crippen LogP) is 3.24. The van der Waals surface area contributed by atoms with Crippen molar-refractivity contribution in [1.29, 1.82) is 0 Å². The maximum absolute atomic E-state index is 13.9. The number of hydrogen-bond donors (Lipinski definition) is 2. The van der Waals surface area contributed by atoms with E-state index in [0.717, 1.165) is 10.6 Å². The monoisotopic (exact) mass is 304 g/mol. The highest BCUT2D eigenvalue weighted by Crippen LogP contribution is 2.18. The maximum atomic E-state index is 13.9. The number of carbonyl (C=O) groups is 1. The number of halogens is 1. The average molecular weight is 304 g/mol. The number of aryl methyl sites for hydroxylation is 1. The second-order valence-electron chi connectivity index (χ2n) is 4.62. The Morgan fingerprint density at radius 1 is 1.29 bits per heavy atom. The molecule has 0 saturated heterocycles. The van der Waals surface area contributed by atoms with Crippen molar-refractivity contribution in [2.75, 3.05) is 18.0 Å². The number of amides is 1. The first-order valence-corrected chi connectivity index (χ1v) is 7.58. The van der Waals surface area contributed by atoms with E-state index in [9.17, 15) is 9.18 Å². The van der Waals surface area contributed by atoms with Gasteiger partial charge >= 0.3 is 0 Å². The fourth-order valence-electron chi connectivity index (χ4n) is 1.91. The summed E-state index contributed by atoms with van der Waals surface area (Å²) in [4.78, 5) is 13.1. The first-order chi connectivity index (χ1) is 10.1. The predicted molar refractivity (Wildman–Crippen MR) is 85.0 cm³/mol. The molecule has 0 aliphatic carbocycles. The van der Waals surface area contributed by atoms with Crippen LogP contribution in [0.3, 0.4) is 0 Å². The summed E-state index contributed by atoms with van der Waals surface area (Å²) in [7, 11) is 0. The van der Waals surface area contributed by atoms with E-state index in [1.807, 2.05) is 30.3 Å². The Bertz CT molecular complexity index is 632. The van der Waals surface area contributed by atoms with Crippen LogP contribution in [0.25, 0.3) is 0 Å². The summed E-state index contributed by atoms with van der Waals surface area (Å²) in [6, 6.07) is 12.8. The molecule has 0 aromatic heterocycles. The van der Waals surface area contributed by atoms with E-state index in [1.165, 1.54) is 12.1 Å². The first kappa shape index (κ1) is 15.4. The second kappa shape index (κ2) is 7.13. The lowest BCUT2D eigenvalue weighted by Gasteiger charge is -2.08. The molecule has 0 radical (unpaired) electrons. The van der Waals surface area contributed by atoms with Gasteiger partial charge in [-0.05, 0) is 36.8 Å². The number of nitrogens with one attached hydrogen (secondary N) is 1. The van der Waals surface area contributed by atoms with Gasteiger partial charge in [-0.15, -0.1) is 11.8 Å². The lowest BCUT2D eigenvalue weighted by atomic mass is 10.1. The minimum atomic E-state index is -0.516. The van der Waals surface area contributed by atoms with Crippen molar-refractivity contribution in [1.82, 2.24) is 5.32 Å². The van der Waals surface area contributed by atoms with Crippen LogP contribution in [-0.4, -0.2) is 18.2 Å². The van der Waals surface area contributed by atoms with Gasteiger partial charge in [-0.3, -0.25) is 4.79 Å².